The van der Waals surface area contributed by atoms with Crippen molar-refractivity contribution >= 4 is 23.4 Å². The van der Waals surface area contributed by atoms with Gasteiger partial charge in [0.2, 0.25) is 0 Å². The van der Waals surface area contributed by atoms with E-state index < -0.39 is 161 Å². The molecule has 0 spiro atoms. The smallest absolute Gasteiger partial charge is 0.328 e. The zero-order valence-corrected chi connectivity index (χ0v) is 32.8. The Morgan fingerprint density at radius 3 is 2.15 bits per heavy atom. The van der Waals surface area contributed by atoms with Crippen LogP contribution in [0.25, 0.3) is 11.1 Å². The number of nitrogens with one attached hydrogen (secondary N) is 2. The Balaban J connectivity index is 1.37. The van der Waals surface area contributed by atoms with E-state index in [0.717, 1.165) is 12.1 Å². The zero-order valence-electron chi connectivity index (χ0n) is 32.8. The fourth-order valence-electron chi connectivity index (χ4n) is 8.38. The molecule has 0 saturated carbocycles. The summed E-state index contributed by atoms with van der Waals surface area (Å²) in [6.07, 6.45) is -15.7. The fraction of sp³-hybridized carbons (Fsp3) is 0.450. The van der Waals surface area contributed by atoms with E-state index >= 15 is 0 Å². The van der Waals surface area contributed by atoms with E-state index in [4.69, 9.17) is 23.7 Å². The Morgan fingerprint density at radius 2 is 1.51 bits per heavy atom. The first-order valence-electron chi connectivity index (χ1n) is 18.9. The van der Waals surface area contributed by atoms with Crippen molar-refractivity contribution in [2.45, 2.75) is 87.3 Å². The third-order valence-electron chi connectivity index (χ3n) is 11.5. The molecule has 1 amide bonds. The van der Waals surface area contributed by atoms with Crippen molar-refractivity contribution in [1.82, 2.24) is 10.6 Å². The second kappa shape index (κ2) is 16.5. The first-order valence-corrected chi connectivity index (χ1v) is 18.9. The monoisotopic (exact) mass is 856 g/mol. The van der Waals surface area contributed by atoms with Gasteiger partial charge in [-0.25, -0.2) is 4.79 Å². The lowest BCUT2D eigenvalue weighted by Crippen LogP contribution is -2.65. The number of aliphatic hydroxyl groups is 6. The van der Waals surface area contributed by atoms with Crippen LogP contribution in [0.1, 0.15) is 78.0 Å². The molecule has 2 heterocycles. The molecule has 2 saturated heterocycles. The van der Waals surface area contributed by atoms with Crippen molar-refractivity contribution < 1.29 is 93.9 Å². The lowest BCUT2D eigenvalue weighted by Gasteiger charge is -2.47. The van der Waals surface area contributed by atoms with Crippen LogP contribution in [-0.2, 0) is 23.7 Å². The highest BCUT2D eigenvalue weighted by Crippen LogP contribution is 2.57. The van der Waals surface area contributed by atoms with Crippen molar-refractivity contribution in [2.75, 3.05) is 27.4 Å². The number of methoxy groups -OCH3 is 1. The average molecular weight is 857 g/mol. The van der Waals surface area contributed by atoms with E-state index in [-0.39, 0.29) is 28.0 Å². The van der Waals surface area contributed by atoms with Crippen LogP contribution in [0, 0.1) is 6.92 Å². The summed E-state index contributed by atoms with van der Waals surface area (Å²) in [6, 6.07) is 1.91. The number of ketones is 2. The van der Waals surface area contributed by atoms with Crippen LogP contribution in [0.2, 0.25) is 0 Å². The number of carboxylic acid groups (broad SMARTS) is 1. The number of likely N-dealkylation sites (N-methyl/N-ethyl adjacent to an activating group) is 1. The van der Waals surface area contributed by atoms with Crippen LogP contribution < -0.4 is 15.4 Å². The molecular weight excluding hydrogens is 812 g/mol. The third kappa shape index (κ3) is 7.16. The summed E-state index contributed by atoms with van der Waals surface area (Å²) in [6.45, 7) is 1.46. The summed E-state index contributed by atoms with van der Waals surface area (Å²) in [5.74, 6) is -7.18. The summed E-state index contributed by atoms with van der Waals surface area (Å²) >= 11 is 0. The highest BCUT2D eigenvalue weighted by molar-refractivity contribution is 6.31. The number of hydrogen-bond acceptors (Lipinski definition) is 19. The number of amides is 1. The number of carbonyl (C=O) groups is 4. The van der Waals surface area contributed by atoms with Gasteiger partial charge in [0.05, 0.1) is 49.2 Å². The summed E-state index contributed by atoms with van der Waals surface area (Å²) in [4.78, 5) is 53.4. The van der Waals surface area contributed by atoms with Gasteiger partial charge in [0.25, 0.3) is 5.91 Å². The standard InChI is InChI=1S/C40H44N2O19/c1-11-5-17-24(31(50)21(11)37(54)42-18(9-43)38(55)56)23-15(8-16-25(32(23)51)28(47)14-6-13(57-4)7-19(44)22(14)27(16)46)29(48)35(17)60-40-34(53)36(26(41-3)12(2)59-40)61-39-33(52)30(49)20(45)10-58-39/h5-8,12,18,20,26,29-30,33-36,39-41,43-45,48-53H,9-10H2,1-4H3,(H,42,54)(H,55,56)/t12-,18+,20-,26+,29+,30+,33-,34-,35+,36+,39+,40+/m1/s1. The van der Waals surface area contributed by atoms with Crippen molar-refractivity contribution in [3.8, 4) is 34.1 Å². The molecule has 21 nitrogen and oxygen atoms in total. The van der Waals surface area contributed by atoms with Gasteiger partial charge in [-0.05, 0) is 49.7 Å². The van der Waals surface area contributed by atoms with E-state index in [2.05, 4.69) is 10.6 Å². The number of aryl methyl sites for hydroxylation is 1. The summed E-state index contributed by atoms with van der Waals surface area (Å²) < 4.78 is 28.9. The van der Waals surface area contributed by atoms with E-state index in [1.807, 2.05) is 0 Å². The minimum Gasteiger partial charge on any atom is -0.507 e. The molecule has 21 heteroatoms. The number of phenols is 3. The Hall–Kier alpha value is -5.30. The van der Waals surface area contributed by atoms with Crippen LogP contribution in [0.5, 0.6) is 23.0 Å². The van der Waals surface area contributed by atoms with Gasteiger partial charge >= 0.3 is 5.97 Å². The van der Waals surface area contributed by atoms with Crippen LogP contribution >= 0.6 is 0 Å². The number of aromatic hydroxyl groups is 3. The molecular formula is C40H44N2O19. The molecule has 328 valence electrons. The number of rotatable bonds is 10. The van der Waals surface area contributed by atoms with Gasteiger partial charge in [0.15, 0.2) is 30.2 Å². The molecule has 7 rings (SSSR count). The minimum absolute atomic E-state index is 0.000623. The van der Waals surface area contributed by atoms with Crippen molar-refractivity contribution in [2.24, 2.45) is 0 Å². The Kier molecular flexibility index (Phi) is 11.9. The summed E-state index contributed by atoms with van der Waals surface area (Å²) in [5.41, 5.74) is -3.82. The lowest BCUT2D eigenvalue weighted by molar-refractivity contribution is -0.339. The zero-order chi connectivity index (χ0) is 44.5. The number of aliphatic hydroxyl groups excluding tert-OH is 6. The van der Waals surface area contributed by atoms with Gasteiger partial charge in [0.1, 0.15) is 65.7 Å². The number of hydrogen-bond donors (Lipinski definition) is 12. The molecule has 0 bridgehead atoms. The molecule has 4 aliphatic rings. The number of ether oxygens (including phenoxy) is 5. The average Bonchev–Trinajstić information content (AvgIpc) is 3.21. The van der Waals surface area contributed by atoms with Gasteiger partial charge in [0, 0.05) is 28.3 Å². The number of benzene rings is 3. The van der Waals surface area contributed by atoms with Crippen molar-refractivity contribution in [3.63, 3.8) is 0 Å². The van der Waals surface area contributed by atoms with Gasteiger partial charge < -0.3 is 85.4 Å². The van der Waals surface area contributed by atoms with E-state index in [1.165, 1.54) is 33.2 Å². The Morgan fingerprint density at radius 1 is 0.852 bits per heavy atom. The third-order valence-corrected chi connectivity index (χ3v) is 11.5. The van der Waals surface area contributed by atoms with Crippen LogP contribution in [0.4, 0.5) is 0 Å². The highest BCUT2D eigenvalue weighted by Gasteiger charge is 2.51. The normalized spacial score (nSPS) is 29.8. The molecule has 2 aliphatic carbocycles. The minimum atomic E-state index is -1.93. The maximum Gasteiger partial charge on any atom is 0.328 e. The molecule has 0 aromatic heterocycles. The van der Waals surface area contributed by atoms with Gasteiger partial charge in [-0.1, -0.05) is 6.07 Å². The maximum absolute atomic E-state index is 14.1. The molecule has 3 aromatic rings. The first-order chi connectivity index (χ1) is 28.9. The first kappa shape index (κ1) is 43.8. The largest absolute Gasteiger partial charge is 0.507 e. The summed E-state index contributed by atoms with van der Waals surface area (Å²) in [7, 11) is 2.78. The molecule has 12 N–H and O–H groups in total. The van der Waals surface area contributed by atoms with Crippen LogP contribution in [-0.4, -0.2) is 163 Å². The van der Waals surface area contributed by atoms with Gasteiger partial charge in [-0.2, -0.15) is 0 Å². The van der Waals surface area contributed by atoms with Gasteiger partial charge in [-0.15, -0.1) is 0 Å². The SMILES string of the molecule is CN[C@@H]1[C@H](O[C@@H]2OC[C@@H](O)[C@H](O)[C@H]2O)[C@@H](O)[C@H](O[C@H]2c3cc(C)c(C(=O)N[C@@H](CO)C(=O)O)c(O)c3-c3c(cc4c(c3O)C(=O)c3cc(OC)cc(O)c3C4=O)[C@@H]2O)O[C@@H]1C. The molecule has 3 aromatic carbocycles. The van der Waals surface area contributed by atoms with Gasteiger partial charge in [-0.3, -0.25) is 14.4 Å². The molecule has 61 heavy (non-hydrogen) atoms. The molecule has 2 fully saturated rings. The number of fused-ring (bicyclic) bond motifs is 5. The Bertz CT molecular complexity index is 2300. The second-order valence-corrected chi connectivity index (χ2v) is 15.1. The molecule has 0 unspecified atom stereocenters. The number of phenolic OH excluding ortho intramolecular Hbond substituents is 3. The molecule has 0 radical (unpaired) electrons. The predicted octanol–water partition coefficient (Wildman–Crippen LogP) is -1.64. The number of carboxylic acids is 1. The highest BCUT2D eigenvalue weighted by atomic mass is 16.7. The quantitative estimate of drug-likeness (QED) is 0.0851. The fourth-order valence-corrected chi connectivity index (χ4v) is 8.38. The predicted molar refractivity (Wildman–Crippen MR) is 202 cm³/mol. The molecule has 2 aliphatic heterocycles. The van der Waals surface area contributed by atoms with E-state index in [1.54, 1.807) is 6.92 Å². The second-order valence-electron chi connectivity index (χ2n) is 15.1. The van der Waals surface area contributed by atoms with Crippen molar-refractivity contribution in [3.05, 3.63) is 68.8 Å². The lowest BCUT2D eigenvalue weighted by atomic mass is 9.74. The number of carbonyl (C=O) groups excluding carboxylic acids is 3. The molecule has 12 atom stereocenters. The Labute approximate surface area is 345 Å². The van der Waals surface area contributed by atoms with Crippen molar-refractivity contribution in [1.29, 1.82) is 0 Å². The van der Waals surface area contributed by atoms with E-state index in [0.29, 0.717) is 0 Å². The maximum atomic E-state index is 14.1. The van der Waals surface area contributed by atoms with E-state index in [9.17, 15) is 70.2 Å². The van der Waals surface area contributed by atoms with Crippen LogP contribution in [0.3, 0.4) is 0 Å². The van der Waals surface area contributed by atoms with Crippen LogP contribution in [0.15, 0.2) is 24.3 Å². The topological polar surface area (TPSA) is 341 Å². The number of aliphatic carboxylic acids is 1. The summed E-state index contributed by atoms with van der Waals surface area (Å²) in [5, 5.41) is 114.